The second-order valence-electron chi connectivity index (χ2n) is 4.10. The SMILES string of the molecule is C=C(C(=O)OCC)c1ccc2c(OC)cccc2c1. The number of esters is 1. The second-order valence-corrected chi connectivity index (χ2v) is 4.10. The minimum Gasteiger partial charge on any atom is -0.496 e. The molecule has 3 nitrogen and oxygen atoms in total. The molecule has 2 aromatic rings. The van der Waals surface area contributed by atoms with Crippen LogP contribution in [0.4, 0.5) is 0 Å². The van der Waals surface area contributed by atoms with E-state index in [-0.39, 0.29) is 5.97 Å². The Balaban J connectivity index is 2.42. The smallest absolute Gasteiger partial charge is 0.338 e. The lowest BCUT2D eigenvalue weighted by molar-refractivity contribution is -0.136. The highest BCUT2D eigenvalue weighted by molar-refractivity contribution is 6.16. The van der Waals surface area contributed by atoms with Crippen LogP contribution in [0.15, 0.2) is 43.0 Å². The number of methoxy groups -OCH3 is 1. The number of carbonyl (C=O) groups is 1. The maximum Gasteiger partial charge on any atom is 0.338 e. The van der Waals surface area contributed by atoms with Gasteiger partial charge in [0.05, 0.1) is 19.3 Å². The predicted molar refractivity (Wildman–Crippen MR) is 76.2 cm³/mol. The number of ether oxygens (including phenoxy) is 2. The summed E-state index contributed by atoms with van der Waals surface area (Å²) in [5.74, 6) is 0.426. The fourth-order valence-electron chi connectivity index (χ4n) is 1.96. The zero-order valence-corrected chi connectivity index (χ0v) is 11.1. The highest BCUT2D eigenvalue weighted by atomic mass is 16.5. The van der Waals surface area contributed by atoms with Crippen molar-refractivity contribution in [3.63, 3.8) is 0 Å². The van der Waals surface area contributed by atoms with E-state index in [1.54, 1.807) is 14.0 Å². The Hall–Kier alpha value is -2.29. The van der Waals surface area contributed by atoms with Gasteiger partial charge in [-0.2, -0.15) is 0 Å². The third-order valence-electron chi connectivity index (χ3n) is 2.93. The highest BCUT2D eigenvalue weighted by Crippen LogP contribution is 2.28. The maximum absolute atomic E-state index is 11.7. The van der Waals surface area contributed by atoms with Crippen LogP contribution in [0.25, 0.3) is 16.3 Å². The molecule has 98 valence electrons. The largest absolute Gasteiger partial charge is 0.496 e. The van der Waals surface area contributed by atoms with Gasteiger partial charge < -0.3 is 9.47 Å². The van der Waals surface area contributed by atoms with Crippen molar-refractivity contribution in [2.24, 2.45) is 0 Å². The van der Waals surface area contributed by atoms with E-state index < -0.39 is 0 Å². The lowest BCUT2D eigenvalue weighted by Gasteiger charge is -2.09. The summed E-state index contributed by atoms with van der Waals surface area (Å²) < 4.78 is 10.3. The number of hydrogen-bond donors (Lipinski definition) is 0. The highest BCUT2D eigenvalue weighted by Gasteiger charge is 2.11. The topological polar surface area (TPSA) is 35.5 Å². The first-order valence-electron chi connectivity index (χ1n) is 6.10. The first-order valence-corrected chi connectivity index (χ1v) is 6.10. The van der Waals surface area contributed by atoms with Gasteiger partial charge in [0, 0.05) is 5.39 Å². The van der Waals surface area contributed by atoms with E-state index in [0.29, 0.717) is 12.2 Å². The first kappa shape index (κ1) is 13.1. The zero-order valence-electron chi connectivity index (χ0n) is 11.1. The molecule has 0 aliphatic heterocycles. The quantitative estimate of drug-likeness (QED) is 0.621. The molecule has 0 aromatic heterocycles. The van der Waals surface area contributed by atoms with Gasteiger partial charge in [0.15, 0.2) is 0 Å². The van der Waals surface area contributed by atoms with Gasteiger partial charge in [-0.05, 0) is 30.0 Å². The van der Waals surface area contributed by atoms with Gasteiger partial charge in [-0.3, -0.25) is 0 Å². The molecule has 0 spiro atoms. The van der Waals surface area contributed by atoms with Crippen LogP contribution < -0.4 is 4.74 Å². The molecule has 0 aliphatic rings. The molecule has 0 saturated heterocycles. The average Bonchev–Trinajstić information content (AvgIpc) is 2.45. The van der Waals surface area contributed by atoms with Crippen LogP contribution in [0.2, 0.25) is 0 Å². The van der Waals surface area contributed by atoms with E-state index in [1.807, 2.05) is 36.4 Å². The Bertz CT molecular complexity index is 629. The van der Waals surface area contributed by atoms with Gasteiger partial charge in [-0.1, -0.05) is 30.8 Å². The van der Waals surface area contributed by atoms with Crippen molar-refractivity contribution >= 4 is 22.3 Å². The number of benzene rings is 2. The zero-order chi connectivity index (χ0) is 13.8. The second kappa shape index (κ2) is 5.57. The average molecular weight is 256 g/mol. The normalized spacial score (nSPS) is 10.2. The maximum atomic E-state index is 11.7. The molecule has 2 rings (SSSR count). The Labute approximate surface area is 112 Å². The summed E-state index contributed by atoms with van der Waals surface area (Å²) in [6, 6.07) is 11.5. The van der Waals surface area contributed by atoms with Crippen molar-refractivity contribution in [2.45, 2.75) is 6.92 Å². The summed E-state index contributed by atoms with van der Waals surface area (Å²) in [5, 5.41) is 2.01. The fraction of sp³-hybridized carbons (Fsp3) is 0.188. The van der Waals surface area contributed by atoms with Gasteiger partial charge in [-0.25, -0.2) is 4.79 Å². The Morgan fingerprint density at radius 3 is 2.74 bits per heavy atom. The van der Waals surface area contributed by atoms with Gasteiger partial charge >= 0.3 is 5.97 Å². The Morgan fingerprint density at radius 2 is 2.05 bits per heavy atom. The van der Waals surface area contributed by atoms with Gasteiger partial charge in [0.25, 0.3) is 0 Å². The van der Waals surface area contributed by atoms with E-state index in [9.17, 15) is 4.79 Å². The number of rotatable bonds is 4. The molecule has 0 saturated carbocycles. The molecular formula is C16H16O3. The molecule has 0 aliphatic carbocycles. The first-order chi connectivity index (χ1) is 9.17. The van der Waals surface area contributed by atoms with Crippen molar-refractivity contribution in [1.82, 2.24) is 0 Å². The number of carbonyl (C=O) groups excluding carboxylic acids is 1. The van der Waals surface area contributed by atoms with Crippen LogP contribution in [-0.4, -0.2) is 19.7 Å². The Kier molecular flexibility index (Phi) is 3.85. The monoisotopic (exact) mass is 256 g/mol. The van der Waals surface area contributed by atoms with Gasteiger partial charge in [-0.15, -0.1) is 0 Å². The molecule has 0 unspecified atom stereocenters. The van der Waals surface area contributed by atoms with Gasteiger partial charge in [0.1, 0.15) is 5.75 Å². The lowest BCUT2D eigenvalue weighted by atomic mass is 10.0. The van der Waals surface area contributed by atoms with E-state index in [0.717, 1.165) is 22.1 Å². The van der Waals surface area contributed by atoms with Crippen LogP contribution in [0.5, 0.6) is 5.75 Å². The molecular weight excluding hydrogens is 240 g/mol. The van der Waals surface area contributed by atoms with Crippen LogP contribution in [0.1, 0.15) is 12.5 Å². The van der Waals surface area contributed by atoms with Crippen LogP contribution >= 0.6 is 0 Å². The van der Waals surface area contributed by atoms with Crippen molar-refractivity contribution in [3.8, 4) is 5.75 Å². The standard InChI is InChI=1S/C16H16O3/c1-4-19-16(17)11(2)12-8-9-14-13(10-12)6-5-7-15(14)18-3/h5-10H,2,4H2,1,3H3. The van der Waals surface area contributed by atoms with Crippen molar-refractivity contribution < 1.29 is 14.3 Å². The number of hydrogen-bond acceptors (Lipinski definition) is 3. The summed E-state index contributed by atoms with van der Waals surface area (Å²) in [6.07, 6.45) is 0. The molecule has 2 aromatic carbocycles. The molecule has 0 bridgehead atoms. The molecule has 19 heavy (non-hydrogen) atoms. The minimum absolute atomic E-state index is 0.346. The van der Waals surface area contributed by atoms with Crippen molar-refractivity contribution in [2.75, 3.05) is 13.7 Å². The van der Waals surface area contributed by atoms with Gasteiger partial charge in [0.2, 0.25) is 0 Å². The van der Waals surface area contributed by atoms with E-state index in [1.165, 1.54) is 0 Å². The summed E-state index contributed by atoms with van der Waals surface area (Å²) in [6.45, 7) is 5.91. The molecule has 0 fully saturated rings. The minimum atomic E-state index is -0.384. The number of fused-ring (bicyclic) bond motifs is 1. The molecule has 3 heteroatoms. The van der Waals surface area contributed by atoms with Crippen molar-refractivity contribution in [1.29, 1.82) is 0 Å². The fourth-order valence-corrected chi connectivity index (χ4v) is 1.96. The molecule has 0 heterocycles. The van der Waals surface area contributed by atoms with E-state index in [4.69, 9.17) is 9.47 Å². The predicted octanol–water partition coefficient (Wildman–Crippen LogP) is 3.42. The van der Waals surface area contributed by atoms with Crippen LogP contribution in [0.3, 0.4) is 0 Å². The third kappa shape index (κ3) is 2.60. The van der Waals surface area contributed by atoms with Crippen molar-refractivity contribution in [3.05, 3.63) is 48.5 Å². The molecule has 0 atom stereocenters. The summed E-state index contributed by atoms with van der Waals surface area (Å²) in [4.78, 5) is 11.7. The summed E-state index contributed by atoms with van der Waals surface area (Å²) in [7, 11) is 1.64. The van der Waals surface area contributed by atoms with Crippen LogP contribution in [-0.2, 0) is 9.53 Å². The summed E-state index contributed by atoms with van der Waals surface area (Å²) in [5.41, 5.74) is 1.13. The van der Waals surface area contributed by atoms with E-state index in [2.05, 4.69) is 6.58 Å². The molecule has 0 radical (unpaired) electrons. The Morgan fingerprint density at radius 1 is 1.26 bits per heavy atom. The van der Waals surface area contributed by atoms with E-state index >= 15 is 0 Å². The molecule has 0 N–H and O–H groups in total. The summed E-state index contributed by atoms with van der Waals surface area (Å²) >= 11 is 0. The third-order valence-corrected chi connectivity index (χ3v) is 2.93. The lowest BCUT2D eigenvalue weighted by Crippen LogP contribution is -2.05. The van der Waals surface area contributed by atoms with Crippen LogP contribution in [0, 0.1) is 0 Å². The molecule has 0 amide bonds.